The van der Waals surface area contributed by atoms with Gasteiger partial charge in [-0.15, -0.1) is 0 Å². The zero-order chi connectivity index (χ0) is 24.1. The van der Waals surface area contributed by atoms with E-state index in [1.807, 2.05) is 0 Å². The highest BCUT2D eigenvalue weighted by molar-refractivity contribution is 5.84. The molecule has 4 unspecified atom stereocenters. The minimum Gasteiger partial charge on any atom is -0.353 e. The first-order valence-electron chi connectivity index (χ1n) is 16.1. The molecule has 0 saturated heterocycles. The van der Waals surface area contributed by atoms with Gasteiger partial charge in [0.1, 0.15) is 0 Å². The lowest BCUT2D eigenvalue weighted by Crippen LogP contribution is -2.61. The van der Waals surface area contributed by atoms with Crippen LogP contribution in [0.4, 0.5) is 0 Å². The van der Waals surface area contributed by atoms with E-state index in [1.54, 1.807) is 0 Å². The van der Waals surface area contributed by atoms with Gasteiger partial charge in [-0.3, -0.25) is 9.59 Å². The molecule has 0 spiro atoms. The molecule has 198 valence electrons. The standard InChI is InChI=1S/C32H48N2O2/c35-29(31-13-19-7-20(14-31)9-21(8-19)15-31)33-27-5-6-28(26-4-2-1-3-25(26)27)34-30(36)32-16-22-10-23(17-32)12-24(11-22)18-32/h19-28H,1-18H2,(H,33,35)(H,34,36). The van der Waals surface area contributed by atoms with Gasteiger partial charge in [-0.1, -0.05) is 12.8 Å². The van der Waals surface area contributed by atoms with Gasteiger partial charge in [0.25, 0.3) is 0 Å². The summed E-state index contributed by atoms with van der Waals surface area (Å²) in [4.78, 5) is 27.8. The maximum absolute atomic E-state index is 13.9. The summed E-state index contributed by atoms with van der Waals surface area (Å²) in [6, 6.07) is 0.673. The SMILES string of the molecule is O=C(NC1CCC(NC(=O)C23CC4CC(CC(C4)C2)C3)C2CCCCC12)C12CC3CC(CC(C3)C1)C2. The normalized spacial score (nSPS) is 54.2. The van der Waals surface area contributed by atoms with E-state index < -0.39 is 0 Å². The van der Waals surface area contributed by atoms with Crippen LogP contribution in [0.3, 0.4) is 0 Å². The first-order valence-corrected chi connectivity index (χ1v) is 16.1. The van der Waals surface area contributed by atoms with Crippen molar-refractivity contribution in [2.24, 2.45) is 58.2 Å². The third kappa shape index (κ3) is 3.58. The van der Waals surface area contributed by atoms with E-state index in [2.05, 4.69) is 10.6 Å². The fourth-order valence-electron chi connectivity index (χ4n) is 12.8. The molecule has 0 aromatic rings. The van der Waals surface area contributed by atoms with Gasteiger partial charge in [0, 0.05) is 22.9 Å². The quantitative estimate of drug-likeness (QED) is 0.506. The van der Waals surface area contributed by atoms with Gasteiger partial charge >= 0.3 is 0 Å². The molecule has 10 fully saturated rings. The van der Waals surface area contributed by atoms with E-state index in [0.29, 0.717) is 35.7 Å². The van der Waals surface area contributed by atoms with Crippen LogP contribution in [0.1, 0.15) is 116 Å². The molecule has 8 bridgehead atoms. The van der Waals surface area contributed by atoms with Crippen LogP contribution in [-0.2, 0) is 9.59 Å². The highest BCUT2D eigenvalue weighted by atomic mass is 16.2. The van der Waals surface area contributed by atoms with Crippen molar-refractivity contribution in [3.05, 3.63) is 0 Å². The summed E-state index contributed by atoms with van der Waals surface area (Å²) in [5.41, 5.74) is -0.0784. The fourth-order valence-corrected chi connectivity index (χ4v) is 12.8. The number of hydrogen-bond acceptors (Lipinski definition) is 2. The average Bonchev–Trinajstić information content (AvgIpc) is 2.84. The van der Waals surface area contributed by atoms with Gasteiger partial charge in [-0.25, -0.2) is 0 Å². The van der Waals surface area contributed by atoms with Gasteiger partial charge < -0.3 is 10.6 Å². The van der Waals surface area contributed by atoms with E-state index in [-0.39, 0.29) is 10.8 Å². The summed E-state index contributed by atoms with van der Waals surface area (Å²) in [5.74, 6) is 6.89. The Bertz CT molecular complexity index is 781. The van der Waals surface area contributed by atoms with Crippen molar-refractivity contribution < 1.29 is 9.59 Å². The second-order valence-electron chi connectivity index (χ2n) is 15.7. The van der Waals surface area contributed by atoms with Gasteiger partial charge in [-0.2, -0.15) is 0 Å². The van der Waals surface area contributed by atoms with Crippen molar-refractivity contribution >= 4 is 11.8 Å². The van der Waals surface area contributed by atoms with Crippen LogP contribution < -0.4 is 10.6 Å². The molecular formula is C32H48N2O2. The van der Waals surface area contributed by atoms with Gasteiger partial charge in [-0.05, 0) is 150 Å². The van der Waals surface area contributed by atoms with E-state index in [1.165, 1.54) is 64.2 Å². The molecule has 0 radical (unpaired) electrons. The van der Waals surface area contributed by atoms with Gasteiger partial charge in [0.05, 0.1) is 0 Å². The number of amides is 2. The van der Waals surface area contributed by atoms with Gasteiger partial charge in [0.2, 0.25) is 11.8 Å². The Kier molecular flexibility index (Phi) is 5.22. The number of carbonyl (C=O) groups is 2. The Hall–Kier alpha value is -1.06. The summed E-state index contributed by atoms with van der Waals surface area (Å²) < 4.78 is 0. The maximum Gasteiger partial charge on any atom is 0.226 e. The summed E-state index contributed by atoms with van der Waals surface area (Å²) in [6.45, 7) is 0. The smallest absolute Gasteiger partial charge is 0.226 e. The summed E-state index contributed by atoms with van der Waals surface area (Å²) in [6.07, 6.45) is 22.5. The van der Waals surface area contributed by atoms with E-state index >= 15 is 0 Å². The number of carbonyl (C=O) groups excluding carboxylic acids is 2. The van der Waals surface area contributed by atoms with Crippen molar-refractivity contribution in [2.75, 3.05) is 0 Å². The van der Waals surface area contributed by atoms with E-state index in [9.17, 15) is 9.59 Å². The van der Waals surface area contributed by atoms with Crippen LogP contribution in [0.5, 0.6) is 0 Å². The van der Waals surface area contributed by atoms with Crippen molar-refractivity contribution in [3.8, 4) is 0 Å². The molecule has 2 amide bonds. The predicted octanol–water partition coefficient (Wildman–Crippen LogP) is 5.99. The summed E-state index contributed by atoms with van der Waals surface area (Å²) in [7, 11) is 0. The molecule has 0 aromatic heterocycles. The molecule has 4 atom stereocenters. The minimum absolute atomic E-state index is 0.0392. The van der Waals surface area contributed by atoms with Crippen molar-refractivity contribution in [1.29, 1.82) is 0 Å². The van der Waals surface area contributed by atoms with Gasteiger partial charge in [0.15, 0.2) is 0 Å². The van der Waals surface area contributed by atoms with E-state index in [4.69, 9.17) is 0 Å². The average molecular weight is 493 g/mol. The maximum atomic E-state index is 13.9. The zero-order valence-corrected chi connectivity index (χ0v) is 22.3. The third-order valence-electron chi connectivity index (χ3n) is 13.4. The number of nitrogens with one attached hydrogen (secondary N) is 2. The van der Waals surface area contributed by atoms with Crippen LogP contribution in [0.2, 0.25) is 0 Å². The monoisotopic (exact) mass is 492 g/mol. The van der Waals surface area contributed by atoms with Crippen LogP contribution in [-0.4, -0.2) is 23.9 Å². The Morgan fingerprint density at radius 3 is 1.08 bits per heavy atom. The minimum atomic E-state index is -0.0392. The van der Waals surface area contributed by atoms with Crippen molar-refractivity contribution in [2.45, 2.75) is 128 Å². The second-order valence-corrected chi connectivity index (χ2v) is 15.7. The zero-order valence-electron chi connectivity index (χ0n) is 22.3. The molecular weight excluding hydrogens is 444 g/mol. The number of rotatable bonds is 4. The summed E-state index contributed by atoms with van der Waals surface area (Å²) in [5, 5.41) is 7.41. The molecule has 4 heteroatoms. The Balaban J connectivity index is 0.958. The molecule has 36 heavy (non-hydrogen) atoms. The highest BCUT2D eigenvalue weighted by Gasteiger charge is 2.57. The van der Waals surface area contributed by atoms with E-state index in [0.717, 1.165) is 86.9 Å². The van der Waals surface area contributed by atoms with Crippen LogP contribution in [0, 0.1) is 58.2 Å². The topological polar surface area (TPSA) is 58.2 Å². The molecule has 4 nitrogen and oxygen atoms in total. The fraction of sp³-hybridized carbons (Fsp3) is 0.938. The Labute approximate surface area is 217 Å². The molecule has 0 heterocycles. The molecule has 10 saturated carbocycles. The lowest BCUT2D eigenvalue weighted by Gasteiger charge is -2.57. The number of fused-ring (bicyclic) bond motifs is 1. The lowest BCUT2D eigenvalue weighted by molar-refractivity contribution is -0.150. The summed E-state index contributed by atoms with van der Waals surface area (Å²) >= 11 is 0. The molecule has 0 aromatic carbocycles. The molecule has 0 aliphatic heterocycles. The molecule has 2 N–H and O–H groups in total. The van der Waals surface area contributed by atoms with Crippen molar-refractivity contribution in [1.82, 2.24) is 10.6 Å². The molecule has 10 rings (SSSR count). The number of hydrogen-bond donors (Lipinski definition) is 2. The Morgan fingerprint density at radius 1 is 0.472 bits per heavy atom. The second kappa shape index (κ2) is 8.22. The Morgan fingerprint density at radius 2 is 0.778 bits per heavy atom. The first kappa shape index (κ1) is 22.9. The predicted molar refractivity (Wildman–Crippen MR) is 140 cm³/mol. The lowest BCUT2D eigenvalue weighted by atomic mass is 9.49. The highest BCUT2D eigenvalue weighted by Crippen LogP contribution is 2.61. The van der Waals surface area contributed by atoms with Crippen LogP contribution >= 0.6 is 0 Å². The first-order chi connectivity index (χ1) is 17.5. The van der Waals surface area contributed by atoms with Crippen molar-refractivity contribution in [3.63, 3.8) is 0 Å². The third-order valence-corrected chi connectivity index (χ3v) is 13.4. The molecule has 10 aliphatic carbocycles. The van der Waals surface area contributed by atoms with Crippen LogP contribution in [0.15, 0.2) is 0 Å². The largest absolute Gasteiger partial charge is 0.353 e. The van der Waals surface area contributed by atoms with Crippen LogP contribution in [0.25, 0.3) is 0 Å². The molecule has 10 aliphatic rings.